The number of rotatable bonds is 9. The van der Waals surface area contributed by atoms with Gasteiger partial charge in [-0.3, -0.25) is 19.7 Å². The Bertz CT molecular complexity index is 1200. The van der Waals surface area contributed by atoms with E-state index in [0.29, 0.717) is 18.7 Å². The molecule has 0 unspecified atom stereocenters. The number of nitro groups is 1. The van der Waals surface area contributed by atoms with Crippen molar-refractivity contribution in [1.29, 1.82) is 0 Å². The van der Waals surface area contributed by atoms with Crippen LogP contribution in [-0.4, -0.2) is 39.1 Å². The predicted molar refractivity (Wildman–Crippen MR) is 132 cm³/mol. The number of benzene rings is 2. The Kier molecular flexibility index (Phi) is 7.07. The normalized spacial score (nSPS) is 12.9. The lowest BCUT2D eigenvalue weighted by Gasteiger charge is -2.28. The number of aryl methyl sites for hydroxylation is 2. The summed E-state index contributed by atoms with van der Waals surface area (Å²) in [6, 6.07) is 18.3. The summed E-state index contributed by atoms with van der Waals surface area (Å²) in [5.74, 6) is -0.484. The van der Waals surface area contributed by atoms with Gasteiger partial charge in [-0.25, -0.2) is 0 Å². The summed E-state index contributed by atoms with van der Waals surface area (Å²) < 4.78 is 0. The lowest BCUT2D eigenvalue weighted by atomic mass is 10.1. The van der Waals surface area contributed by atoms with E-state index in [-0.39, 0.29) is 35.7 Å². The van der Waals surface area contributed by atoms with Gasteiger partial charge in [0.2, 0.25) is 5.91 Å². The molecule has 1 heterocycles. The molecule has 2 aromatic carbocycles. The smallest absolute Gasteiger partial charge is 0.273 e. The van der Waals surface area contributed by atoms with Crippen molar-refractivity contribution in [2.24, 2.45) is 0 Å². The maximum absolute atomic E-state index is 13.5. The average Bonchev–Trinajstić information content (AvgIpc) is 3.58. The van der Waals surface area contributed by atoms with Crippen molar-refractivity contribution in [1.82, 2.24) is 9.80 Å². The minimum atomic E-state index is -0.483. The highest BCUT2D eigenvalue weighted by Gasteiger charge is 2.36. The van der Waals surface area contributed by atoms with E-state index in [9.17, 15) is 19.7 Å². The monoisotopic (exact) mass is 477 g/mol. The molecule has 0 aliphatic heterocycles. The zero-order valence-electron chi connectivity index (χ0n) is 19.3. The van der Waals surface area contributed by atoms with Crippen molar-refractivity contribution in [3.63, 3.8) is 0 Å². The first-order valence-electron chi connectivity index (χ1n) is 11.2. The molecule has 0 radical (unpaired) electrons. The van der Waals surface area contributed by atoms with Gasteiger partial charge < -0.3 is 9.80 Å². The van der Waals surface area contributed by atoms with Crippen LogP contribution >= 0.6 is 11.3 Å². The van der Waals surface area contributed by atoms with E-state index in [1.54, 1.807) is 40.2 Å². The third kappa shape index (κ3) is 5.69. The molecule has 0 atom stereocenters. The standard InChI is InChI=1S/C26H27N3O4S/c1-18-8-10-21(14-24(18)29(32)33)26(31)28(22-11-12-22)17-25(30)27(15-20-6-4-3-5-7-20)16-23-13-9-19(2)34-23/h3-10,13-14,22H,11-12,15-17H2,1-2H3. The fourth-order valence-electron chi connectivity index (χ4n) is 3.90. The molecule has 4 rings (SSSR count). The quantitative estimate of drug-likeness (QED) is 0.317. The number of nitrogens with zero attached hydrogens (tertiary/aromatic N) is 3. The second-order valence-electron chi connectivity index (χ2n) is 8.67. The van der Waals surface area contributed by atoms with Gasteiger partial charge in [-0.2, -0.15) is 0 Å². The first kappa shape index (κ1) is 23.6. The number of carbonyl (C=O) groups is 2. The molecule has 7 nitrogen and oxygen atoms in total. The Labute approximate surface area is 202 Å². The summed E-state index contributed by atoms with van der Waals surface area (Å²) >= 11 is 1.65. The van der Waals surface area contributed by atoms with Gasteiger partial charge in [-0.1, -0.05) is 36.4 Å². The summed E-state index contributed by atoms with van der Waals surface area (Å²) in [5, 5.41) is 11.3. The van der Waals surface area contributed by atoms with Crippen LogP contribution < -0.4 is 0 Å². The van der Waals surface area contributed by atoms with Gasteiger partial charge in [0.1, 0.15) is 6.54 Å². The summed E-state index contributed by atoms with van der Waals surface area (Å²) in [6.45, 7) is 4.53. The molecule has 0 N–H and O–H groups in total. The molecule has 0 saturated heterocycles. The van der Waals surface area contributed by atoms with Gasteiger partial charge in [0.05, 0.1) is 11.5 Å². The van der Waals surface area contributed by atoms with Crippen LogP contribution in [0.1, 0.15) is 44.1 Å². The van der Waals surface area contributed by atoms with Crippen LogP contribution in [0.4, 0.5) is 5.69 Å². The average molecular weight is 478 g/mol. The lowest BCUT2D eigenvalue weighted by Crippen LogP contribution is -2.43. The highest BCUT2D eigenvalue weighted by molar-refractivity contribution is 7.11. The molecule has 2 amide bonds. The fourth-order valence-corrected chi connectivity index (χ4v) is 4.80. The summed E-state index contributed by atoms with van der Waals surface area (Å²) in [5.41, 5.74) is 1.66. The summed E-state index contributed by atoms with van der Waals surface area (Å²) in [6.07, 6.45) is 1.66. The molecular formula is C26H27N3O4S. The molecule has 1 aliphatic rings. The van der Waals surface area contributed by atoms with Gasteiger partial charge in [-0.15, -0.1) is 11.3 Å². The van der Waals surface area contributed by atoms with Crippen LogP contribution in [0.3, 0.4) is 0 Å². The SMILES string of the molecule is Cc1ccc(CN(Cc2ccccc2)C(=O)CN(C(=O)c2ccc(C)c([N+](=O)[O-])c2)C2CC2)s1. The van der Waals surface area contributed by atoms with Crippen LogP contribution in [0, 0.1) is 24.0 Å². The molecule has 0 spiro atoms. The number of nitro benzene ring substituents is 1. The fraction of sp³-hybridized carbons (Fsp3) is 0.308. The van der Waals surface area contributed by atoms with Crippen LogP contribution in [0.15, 0.2) is 60.7 Å². The van der Waals surface area contributed by atoms with Crippen molar-refractivity contribution in [2.45, 2.75) is 45.8 Å². The van der Waals surface area contributed by atoms with E-state index in [1.807, 2.05) is 49.4 Å². The molecule has 0 bridgehead atoms. The van der Waals surface area contributed by atoms with E-state index in [1.165, 1.54) is 10.9 Å². The highest BCUT2D eigenvalue weighted by Crippen LogP contribution is 2.30. The van der Waals surface area contributed by atoms with Crippen molar-refractivity contribution in [3.05, 3.63) is 97.2 Å². The second kappa shape index (κ2) is 10.2. The molecule has 176 valence electrons. The Balaban J connectivity index is 1.56. The van der Waals surface area contributed by atoms with Gasteiger partial charge >= 0.3 is 0 Å². The Morgan fingerprint density at radius 3 is 2.38 bits per heavy atom. The molecule has 1 fully saturated rings. The van der Waals surface area contributed by atoms with Crippen molar-refractivity contribution < 1.29 is 14.5 Å². The van der Waals surface area contributed by atoms with Crippen molar-refractivity contribution in [2.75, 3.05) is 6.54 Å². The predicted octanol–water partition coefficient (Wildman–Crippen LogP) is 5.11. The molecular weight excluding hydrogens is 450 g/mol. The first-order chi connectivity index (χ1) is 16.3. The largest absolute Gasteiger partial charge is 0.332 e. The van der Waals surface area contributed by atoms with Gasteiger partial charge in [-0.05, 0) is 50.5 Å². The van der Waals surface area contributed by atoms with Crippen LogP contribution in [0.2, 0.25) is 0 Å². The summed E-state index contributed by atoms with van der Waals surface area (Å²) in [7, 11) is 0. The number of hydrogen-bond acceptors (Lipinski definition) is 5. The molecule has 3 aromatic rings. The molecule has 8 heteroatoms. The third-order valence-corrected chi connectivity index (χ3v) is 6.90. The Hall–Kier alpha value is -3.52. The zero-order chi connectivity index (χ0) is 24.2. The second-order valence-corrected chi connectivity index (χ2v) is 10.0. The van der Waals surface area contributed by atoms with Crippen molar-refractivity contribution in [3.8, 4) is 0 Å². The number of amides is 2. The number of carbonyl (C=O) groups excluding carboxylic acids is 2. The molecule has 1 saturated carbocycles. The zero-order valence-corrected chi connectivity index (χ0v) is 20.1. The van der Waals surface area contributed by atoms with E-state index in [2.05, 4.69) is 0 Å². The first-order valence-corrected chi connectivity index (χ1v) is 12.1. The van der Waals surface area contributed by atoms with E-state index < -0.39 is 4.92 Å². The van der Waals surface area contributed by atoms with E-state index in [4.69, 9.17) is 0 Å². The number of thiophene rings is 1. The Morgan fingerprint density at radius 2 is 1.76 bits per heavy atom. The van der Waals surface area contributed by atoms with Crippen LogP contribution in [0.5, 0.6) is 0 Å². The van der Waals surface area contributed by atoms with Crippen molar-refractivity contribution >= 4 is 28.8 Å². The van der Waals surface area contributed by atoms with Gasteiger partial charge in [0, 0.05) is 39.5 Å². The van der Waals surface area contributed by atoms with E-state index in [0.717, 1.165) is 23.3 Å². The maximum Gasteiger partial charge on any atom is 0.273 e. The third-order valence-electron chi connectivity index (χ3n) is 5.92. The minimum absolute atomic E-state index is 0.0145. The van der Waals surface area contributed by atoms with Crippen LogP contribution in [0.25, 0.3) is 0 Å². The minimum Gasteiger partial charge on any atom is -0.332 e. The van der Waals surface area contributed by atoms with Gasteiger partial charge in [0.25, 0.3) is 11.6 Å². The molecule has 34 heavy (non-hydrogen) atoms. The van der Waals surface area contributed by atoms with Gasteiger partial charge in [0.15, 0.2) is 0 Å². The molecule has 1 aromatic heterocycles. The highest BCUT2D eigenvalue weighted by atomic mass is 32.1. The Morgan fingerprint density at radius 1 is 1.03 bits per heavy atom. The maximum atomic E-state index is 13.5. The number of hydrogen-bond donors (Lipinski definition) is 0. The van der Waals surface area contributed by atoms with Crippen LogP contribution in [-0.2, 0) is 17.9 Å². The lowest BCUT2D eigenvalue weighted by molar-refractivity contribution is -0.385. The molecule has 1 aliphatic carbocycles. The van der Waals surface area contributed by atoms with E-state index >= 15 is 0 Å². The topological polar surface area (TPSA) is 83.8 Å². The summed E-state index contributed by atoms with van der Waals surface area (Å²) in [4.78, 5) is 43.3.